The number of aromatic nitrogens is 1. The molecule has 4 rings (SSSR count). The summed E-state index contributed by atoms with van der Waals surface area (Å²) in [4.78, 5) is 34.4. The minimum absolute atomic E-state index is 0.112. The van der Waals surface area contributed by atoms with E-state index in [4.69, 9.17) is 4.98 Å². The SMILES string of the molecule is Cc1cc(C(=O)N2CCCC[C@@H]2CCN2CCCC2=O)c2ccc(C)c(C)c2n1. The summed E-state index contributed by atoms with van der Waals surface area (Å²) in [5.74, 6) is 0.376. The highest BCUT2D eigenvalue weighted by Crippen LogP contribution is 2.28. The summed E-state index contributed by atoms with van der Waals surface area (Å²) < 4.78 is 0. The minimum atomic E-state index is 0.112. The summed E-state index contributed by atoms with van der Waals surface area (Å²) in [6, 6.07) is 6.27. The molecule has 1 aromatic carbocycles. The van der Waals surface area contributed by atoms with Crippen LogP contribution in [-0.2, 0) is 4.79 Å². The van der Waals surface area contributed by atoms with Crippen molar-refractivity contribution < 1.29 is 9.59 Å². The van der Waals surface area contributed by atoms with E-state index in [9.17, 15) is 9.59 Å². The van der Waals surface area contributed by atoms with Gasteiger partial charge in [-0.2, -0.15) is 0 Å². The summed E-state index contributed by atoms with van der Waals surface area (Å²) >= 11 is 0. The highest BCUT2D eigenvalue weighted by Gasteiger charge is 2.30. The van der Waals surface area contributed by atoms with E-state index in [1.807, 2.05) is 24.0 Å². The van der Waals surface area contributed by atoms with Crippen LogP contribution in [-0.4, -0.2) is 52.3 Å². The molecule has 1 aromatic heterocycles. The van der Waals surface area contributed by atoms with Gasteiger partial charge in [0.15, 0.2) is 0 Å². The lowest BCUT2D eigenvalue weighted by atomic mass is 9.96. The van der Waals surface area contributed by atoms with Crippen molar-refractivity contribution in [3.63, 3.8) is 0 Å². The number of nitrogens with zero attached hydrogens (tertiary/aromatic N) is 3. The number of likely N-dealkylation sites (tertiary alicyclic amines) is 2. The van der Waals surface area contributed by atoms with Crippen molar-refractivity contribution in [1.82, 2.24) is 14.8 Å². The first-order valence-corrected chi connectivity index (χ1v) is 10.9. The van der Waals surface area contributed by atoms with Crippen molar-refractivity contribution in [2.75, 3.05) is 19.6 Å². The number of pyridine rings is 1. The van der Waals surface area contributed by atoms with Crippen LogP contribution in [0.25, 0.3) is 10.9 Å². The third-order valence-electron chi connectivity index (χ3n) is 6.66. The second kappa shape index (κ2) is 8.13. The number of fused-ring (bicyclic) bond motifs is 1. The van der Waals surface area contributed by atoms with Crippen molar-refractivity contribution in [2.24, 2.45) is 0 Å². The number of hydrogen-bond donors (Lipinski definition) is 0. The van der Waals surface area contributed by atoms with Gasteiger partial charge in [-0.1, -0.05) is 12.1 Å². The Morgan fingerprint density at radius 1 is 1.14 bits per heavy atom. The Labute approximate surface area is 173 Å². The summed E-state index contributed by atoms with van der Waals surface area (Å²) in [6.45, 7) is 8.56. The van der Waals surface area contributed by atoms with Crippen LogP contribution in [0.15, 0.2) is 18.2 Å². The van der Waals surface area contributed by atoms with E-state index in [0.717, 1.165) is 79.5 Å². The quantitative estimate of drug-likeness (QED) is 0.783. The fourth-order valence-corrected chi connectivity index (χ4v) is 4.80. The molecule has 2 fully saturated rings. The highest BCUT2D eigenvalue weighted by atomic mass is 16.2. The third-order valence-corrected chi connectivity index (χ3v) is 6.66. The zero-order chi connectivity index (χ0) is 20.5. The van der Waals surface area contributed by atoms with Crippen LogP contribution in [0, 0.1) is 20.8 Å². The van der Waals surface area contributed by atoms with E-state index < -0.39 is 0 Å². The average Bonchev–Trinajstić information content (AvgIpc) is 3.13. The lowest BCUT2D eigenvalue weighted by Gasteiger charge is -2.37. The molecule has 2 aliphatic heterocycles. The van der Waals surface area contributed by atoms with Gasteiger partial charge in [-0.15, -0.1) is 0 Å². The maximum atomic E-state index is 13.7. The van der Waals surface area contributed by atoms with Gasteiger partial charge in [0, 0.05) is 43.2 Å². The third kappa shape index (κ3) is 3.87. The molecule has 2 saturated heterocycles. The van der Waals surface area contributed by atoms with Crippen LogP contribution in [0.2, 0.25) is 0 Å². The number of piperidine rings is 1. The van der Waals surface area contributed by atoms with Crippen molar-refractivity contribution in [3.8, 4) is 0 Å². The molecule has 0 saturated carbocycles. The molecule has 0 aliphatic carbocycles. The maximum Gasteiger partial charge on any atom is 0.254 e. The van der Waals surface area contributed by atoms with E-state index in [1.165, 1.54) is 5.56 Å². The van der Waals surface area contributed by atoms with E-state index in [0.29, 0.717) is 6.42 Å². The first kappa shape index (κ1) is 19.9. The smallest absolute Gasteiger partial charge is 0.254 e. The topological polar surface area (TPSA) is 53.5 Å². The Balaban J connectivity index is 1.61. The molecule has 154 valence electrons. The van der Waals surface area contributed by atoms with Crippen LogP contribution >= 0.6 is 0 Å². The van der Waals surface area contributed by atoms with Crippen molar-refractivity contribution in [3.05, 3.63) is 40.6 Å². The summed E-state index contributed by atoms with van der Waals surface area (Å²) in [5, 5.41) is 0.947. The molecule has 0 spiro atoms. The van der Waals surface area contributed by atoms with Gasteiger partial charge >= 0.3 is 0 Å². The molecule has 5 nitrogen and oxygen atoms in total. The number of aryl methyl sites for hydroxylation is 3. The number of carbonyl (C=O) groups excluding carboxylic acids is 2. The highest BCUT2D eigenvalue weighted by molar-refractivity contribution is 6.07. The Hall–Kier alpha value is -2.43. The molecule has 0 bridgehead atoms. The molecule has 0 radical (unpaired) electrons. The standard InChI is InChI=1S/C24H31N3O2/c1-16-9-10-20-21(15-17(2)25-23(20)18(16)3)24(29)27-13-5-4-7-19(27)11-14-26-12-6-8-22(26)28/h9-10,15,19H,4-8,11-14H2,1-3H3/t19-/m1/s1. The fourth-order valence-electron chi connectivity index (χ4n) is 4.80. The van der Waals surface area contributed by atoms with Gasteiger partial charge in [-0.25, -0.2) is 0 Å². The molecular formula is C24H31N3O2. The predicted octanol–water partition coefficient (Wildman–Crippen LogP) is 4.17. The second-order valence-electron chi connectivity index (χ2n) is 8.64. The lowest BCUT2D eigenvalue weighted by molar-refractivity contribution is -0.127. The van der Waals surface area contributed by atoms with E-state index in [2.05, 4.69) is 24.8 Å². The number of carbonyl (C=O) groups is 2. The fraction of sp³-hybridized carbons (Fsp3) is 0.542. The normalized spacial score (nSPS) is 20.0. The number of benzene rings is 1. The molecule has 2 aliphatic rings. The monoisotopic (exact) mass is 393 g/mol. The summed E-state index contributed by atoms with van der Waals surface area (Å²) in [5.41, 5.74) is 4.92. The summed E-state index contributed by atoms with van der Waals surface area (Å²) in [6.07, 6.45) is 5.73. The maximum absolute atomic E-state index is 13.7. The van der Waals surface area contributed by atoms with E-state index in [-0.39, 0.29) is 17.9 Å². The second-order valence-corrected chi connectivity index (χ2v) is 8.64. The largest absolute Gasteiger partial charge is 0.343 e. The number of hydrogen-bond acceptors (Lipinski definition) is 3. The molecule has 29 heavy (non-hydrogen) atoms. The van der Waals surface area contributed by atoms with Crippen LogP contribution < -0.4 is 0 Å². The zero-order valence-corrected chi connectivity index (χ0v) is 17.8. The van der Waals surface area contributed by atoms with Crippen LogP contribution in [0.1, 0.15) is 65.7 Å². The van der Waals surface area contributed by atoms with Gasteiger partial charge in [0.05, 0.1) is 11.1 Å². The minimum Gasteiger partial charge on any atom is -0.343 e. The van der Waals surface area contributed by atoms with Crippen LogP contribution in [0.4, 0.5) is 0 Å². The van der Waals surface area contributed by atoms with E-state index in [1.54, 1.807) is 0 Å². The zero-order valence-electron chi connectivity index (χ0n) is 17.8. The first-order chi connectivity index (χ1) is 14.0. The molecule has 0 N–H and O–H groups in total. The van der Waals surface area contributed by atoms with Gasteiger partial charge in [0.25, 0.3) is 5.91 Å². The Kier molecular flexibility index (Phi) is 5.57. The number of amides is 2. The Morgan fingerprint density at radius 2 is 1.97 bits per heavy atom. The van der Waals surface area contributed by atoms with Gasteiger partial charge in [0.1, 0.15) is 0 Å². The average molecular weight is 394 g/mol. The molecule has 2 aromatic rings. The molecule has 5 heteroatoms. The van der Waals surface area contributed by atoms with Gasteiger partial charge < -0.3 is 9.80 Å². The van der Waals surface area contributed by atoms with Gasteiger partial charge in [-0.3, -0.25) is 14.6 Å². The van der Waals surface area contributed by atoms with E-state index >= 15 is 0 Å². The Morgan fingerprint density at radius 3 is 2.72 bits per heavy atom. The molecule has 3 heterocycles. The number of rotatable bonds is 4. The molecule has 1 atom stereocenters. The predicted molar refractivity (Wildman–Crippen MR) is 115 cm³/mol. The lowest BCUT2D eigenvalue weighted by Crippen LogP contribution is -2.45. The summed E-state index contributed by atoms with van der Waals surface area (Å²) in [7, 11) is 0. The van der Waals surface area contributed by atoms with Crippen molar-refractivity contribution in [1.29, 1.82) is 0 Å². The first-order valence-electron chi connectivity index (χ1n) is 10.9. The molecule has 0 unspecified atom stereocenters. The van der Waals surface area contributed by atoms with Gasteiger partial charge in [0.2, 0.25) is 5.91 Å². The van der Waals surface area contributed by atoms with Crippen LogP contribution in [0.3, 0.4) is 0 Å². The van der Waals surface area contributed by atoms with Crippen molar-refractivity contribution in [2.45, 2.75) is 65.3 Å². The molecular weight excluding hydrogens is 362 g/mol. The van der Waals surface area contributed by atoms with Gasteiger partial charge in [-0.05, 0) is 70.1 Å². The molecule has 2 amide bonds. The van der Waals surface area contributed by atoms with Crippen molar-refractivity contribution >= 4 is 22.7 Å². The Bertz CT molecular complexity index is 953. The van der Waals surface area contributed by atoms with Crippen LogP contribution in [0.5, 0.6) is 0 Å².